The van der Waals surface area contributed by atoms with Crippen LogP contribution in [0.15, 0.2) is 44.0 Å². The molecule has 4 nitrogen and oxygen atoms in total. The van der Waals surface area contributed by atoms with Crippen molar-refractivity contribution < 1.29 is 0 Å². The Morgan fingerprint density at radius 2 is 2.26 bits per heavy atom. The summed E-state index contributed by atoms with van der Waals surface area (Å²) < 4.78 is 2.92. The van der Waals surface area contributed by atoms with Gasteiger partial charge in [0.2, 0.25) is 0 Å². The molecule has 0 radical (unpaired) electrons. The number of hydrogen-bond donors (Lipinski definition) is 1. The molecule has 0 saturated heterocycles. The highest BCUT2D eigenvalue weighted by atomic mass is 79.9. The van der Waals surface area contributed by atoms with Gasteiger partial charge in [0.15, 0.2) is 0 Å². The fourth-order valence-electron chi connectivity index (χ4n) is 1.47. The van der Waals surface area contributed by atoms with Crippen molar-refractivity contribution in [3.05, 3.63) is 54.5 Å². The largest absolute Gasteiger partial charge is 0.378 e. The molecule has 0 bridgehead atoms. The number of rotatable bonds is 5. The Bertz CT molecular complexity index is 651. The smallest absolute Gasteiger partial charge is 0.283 e. The van der Waals surface area contributed by atoms with Crippen LogP contribution < -0.4 is 10.9 Å². The Morgan fingerprint density at radius 1 is 1.47 bits per heavy atom. The monoisotopic (exact) mass is 403 g/mol. The number of halogens is 2. The van der Waals surface area contributed by atoms with Gasteiger partial charge in [-0.15, -0.1) is 17.9 Å². The normalized spacial score (nSPS) is 10.4. The Hall–Kier alpha value is -0.920. The molecule has 2 rings (SSSR count). The Balaban J connectivity index is 2.15. The van der Waals surface area contributed by atoms with Gasteiger partial charge in [0.25, 0.3) is 5.56 Å². The molecule has 0 aliphatic heterocycles. The van der Waals surface area contributed by atoms with Crippen molar-refractivity contribution in [2.24, 2.45) is 0 Å². The third-order valence-electron chi connectivity index (χ3n) is 2.37. The van der Waals surface area contributed by atoms with Crippen LogP contribution in [0.25, 0.3) is 0 Å². The summed E-state index contributed by atoms with van der Waals surface area (Å²) in [4.78, 5) is 13.1. The van der Waals surface area contributed by atoms with Crippen molar-refractivity contribution >= 4 is 48.9 Å². The van der Waals surface area contributed by atoms with Crippen LogP contribution in [0.3, 0.4) is 0 Å². The topological polar surface area (TPSA) is 46.9 Å². The SMILES string of the molecule is C=CCn1ncc(NCc2ccc(Br)s2)c(Br)c1=O. The zero-order chi connectivity index (χ0) is 13.8. The lowest BCUT2D eigenvalue weighted by molar-refractivity contribution is 0.649. The number of thiophene rings is 1. The van der Waals surface area contributed by atoms with E-state index in [9.17, 15) is 4.79 Å². The molecule has 1 N–H and O–H groups in total. The molecule has 0 saturated carbocycles. The Labute approximate surface area is 131 Å². The molecule has 7 heteroatoms. The standard InChI is InChI=1S/C12H11Br2N3OS/c1-2-5-17-12(18)11(14)9(7-16-17)15-6-8-3-4-10(13)19-8/h2-4,7,15H,1,5-6H2. The van der Waals surface area contributed by atoms with E-state index in [2.05, 4.69) is 48.9 Å². The summed E-state index contributed by atoms with van der Waals surface area (Å²) in [6, 6.07) is 4.03. The van der Waals surface area contributed by atoms with Gasteiger partial charge in [-0.25, -0.2) is 4.68 Å². The highest BCUT2D eigenvalue weighted by Crippen LogP contribution is 2.24. The summed E-state index contributed by atoms with van der Waals surface area (Å²) in [5.74, 6) is 0. The second kappa shape index (κ2) is 6.49. The van der Waals surface area contributed by atoms with Gasteiger partial charge in [0.05, 0.1) is 22.2 Å². The molecule has 0 fully saturated rings. The second-order valence-electron chi connectivity index (χ2n) is 3.71. The Kier molecular flexibility index (Phi) is 4.95. The fraction of sp³-hybridized carbons (Fsp3) is 0.167. The van der Waals surface area contributed by atoms with Crippen LogP contribution in [0.1, 0.15) is 4.88 Å². The summed E-state index contributed by atoms with van der Waals surface area (Å²) in [5.41, 5.74) is 0.520. The zero-order valence-electron chi connectivity index (χ0n) is 9.90. The maximum absolute atomic E-state index is 12.0. The minimum Gasteiger partial charge on any atom is -0.378 e. The third-order valence-corrected chi connectivity index (χ3v) is 4.76. The van der Waals surface area contributed by atoms with Crippen LogP contribution in [0.5, 0.6) is 0 Å². The minimum absolute atomic E-state index is 0.169. The van der Waals surface area contributed by atoms with Gasteiger partial charge < -0.3 is 5.32 Å². The van der Waals surface area contributed by atoms with Crippen LogP contribution in [-0.4, -0.2) is 9.78 Å². The van der Waals surface area contributed by atoms with Crippen LogP contribution in [0.4, 0.5) is 5.69 Å². The fourth-order valence-corrected chi connectivity index (χ4v) is 3.34. The zero-order valence-corrected chi connectivity index (χ0v) is 13.9. The van der Waals surface area contributed by atoms with E-state index in [4.69, 9.17) is 0 Å². The van der Waals surface area contributed by atoms with Crippen molar-refractivity contribution in [1.82, 2.24) is 9.78 Å². The lowest BCUT2D eigenvalue weighted by Gasteiger charge is -2.08. The second-order valence-corrected chi connectivity index (χ2v) is 7.05. The molecule has 0 spiro atoms. The van der Waals surface area contributed by atoms with E-state index >= 15 is 0 Å². The number of nitrogens with zero attached hydrogens (tertiary/aromatic N) is 2. The minimum atomic E-state index is -0.169. The number of anilines is 1. The Morgan fingerprint density at radius 3 is 2.89 bits per heavy atom. The predicted octanol–water partition coefficient (Wildman–Crippen LogP) is 3.63. The maximum Gasteiger partial charge on any atom is 0.283 e. The quantitative estimate of drug-likeness (QED) is 0.774. The molecular formula is C12H11Br2N3OS. The van der Waals surface area contributed by atoms with Crippen LogP contribution in [-0.2, 0) is 13.1 Å². The van der Waals surface area contributed by atoms with Crippen molar-refractivity contribution in [3.63, 3.8) is 0 Å². The summed E-state index contributed by atoms with van der Waals surface area (Å²) in [7, 11) is 0. The van der Waals surface area contributed by atoms with E-state index in [-0.39, 0.29) is 5.56 Å². The van der Waals surface area contributed by atoms with E-state index < -0.39 is 0 Å². The highest BCUT2D eigenvalue weighted by molar-refractivity contribution is 9.11. The first-order valence-corrected chi connectivity index (χ1v) is 7.86. The van der Waals surface area contributed by atoms with Gasteiger partial charge in [-0.1, -0.05) is 6.08 Å². The van der Waals surface area contributed by atoms with Crippen LogP contribution in [0, 0.1) is 0 Å². The number of hydrogen-bond acceptors (Lipinski definition) is 4. The lowest BCUT2D eigenvalue weighted by Crippen LogP contribution is -2.23. The van der Waals surface area contributed by atoms with Crippen LogP contribution in [0.2, 0.25) is 0 Å². The van der Waals surface area contributed by atoms with Crippen molar-refractivity contribution in [2.75, 3.05) is 5.32 Å². The molecule has 0 unspecified atom stereocenters. The van der Waals surface area contributed by atoms with Crippen LogP contribution >= 0.6 is 43.2 Å². The lowest BCUT2D eigenvalue weighted by atomic mass is 10.4. The molecule has 2 aromatic rings. The molecule has 19 heavy (non-hydrogen) atoms. The predicted molar refractivity (Wildman–Crippen MR) is 85.7 cm³/mol. The summed E-state index contributed by atoms with van der Waals surface area (Å²) in [6.07, 6.45) is 3.27. The maximum atomic E-state index is 12.0. The van der Waals surface area contributed by atoms with Crippen molar-refractivity contribution in [2.45, 2.75) is 13.1 Å². The molecule has 0 amide bonds. The van der Waals surface area contributed by atoms with E-state index in [1.165, 1.54) is 9.56 Å². The average molecular weight is 405 g/mol. The molecule has 0 aliphatic rings. The summed E-state index contributed by atoms with van der Waals surface area (Å²) in [5, 5.41) is 7.27. The van der Waals surface area contributed by atoms with Crippen molar-refractivity contribution in [3.8, 4) is 0 Å². The van der Waals surface area contributed by atoms with E-state index in [0.29, 0.717) is 23.2 Å². The average Bonchev–Trinajstić information content (AvgIpc) is 2.80. The van der Waals surface area contributed by atoms with Gasteiger partial charge in [0.1, 0.15) is 4.47 Å². The van der Waals surface area contributed by atoms with E-state index in [1.807, 2.05) is 12.1 Å². The summed E-state index contributed by atoms with van der Waals surface area (Å²) >= 11 is 8.37. The molecule has 100 valence electrons. The molecule has 2 aromatic heterocycles. The van der Waals surface area contributed by atoms with Gasteiger partial charge in [-0.05, 0) is 44.0 Å². The number of allylic oxidation sites excluding steroid dienone is 1. The van der Waals surface area contributed by atoms with Gasteiger partial charge in [0, 0.05) is 11.4 Å². The van der Waals surface area contributed by atoms with Crippen molar-refractivity contribution in [1.29, 1.82) is 0 Å². The summed E-state index contributed by atoms with van der Waals surface area (Å²) in [6.45, 7) is 4.65. The number of nitrogens with one attached hydrogen (secondary N) is 1. The molecule has 0 aromatic carbocycles. The van der Waals surface area contributed by atoms with E-state index in [0.717, 1.165) is 3.79 Å². The van der Waals surface area contributed by atoms with Gasteiger partial charge in [-0.2, -0.15) is 5.10 Å². The molecule has 0 atom stereocenters. The first kappa shape index (κ1) is 14.5. The molecule has 0 aliphatic carbocycles. The number of aromatic nitrogens is 2. The molecule has 2 heterocycles. The van der Waals surface area contributed by atoms with Gasteiger partial charge >= 0.3 is 0 Å². The third kappa shape index (κ3) is 3.55. The first-order chi connectivity index (χ1) is 9.11. The van der Waals surface area contributed by atoms with E-state index in [1.54, 1.807) is 23.6 Å². The first-order valence-electron chi connectivity index (χ1n) is 5.46. The highest BCUT2D eigenvalue weighted by Gasteiger charge is 2.08. The van der Waals surface area contributed by atoms with Gasteiger partial charge in [-0.3, -0.25) is 4.79 Å². The molecular weight excluding hydrogens is 394 g/mol.